The highest BCUT2D eigenvalue weighted by Gasteiger charge is 2.41. The van der Waals surface area contributed by atoms with E-state index in [2.05, 4.69) is 5.32 Å². The zero-order valence-electron chi connectivity index (χ0n) is 8.03. The molecule has 2 fully saturated rings. The summed E-state index contributed by atoms with van der Waals surface area (Å²) in [6.45, 7) is 0. The van der Waals surface area contributed by atoms with Gasteiger partial charge < -0.3 is 10.4 Å². The second-order valence-corrected chi connectivity index (χ2v) is 4.22. The van der Waals surface area contributed by atoms with E-state index < -0.39 is 12.0 Å². The highest BCUT2D eigenvalue weighted by molar-refractivity contribution is 5.84. The lowest BCUT2D eigenvalue weighted by molar-refractivity contribution is -0.139. The number of hydrogen-bond acceptors (Lipinski definition) is 3. The van der Waals surface area contributed by atoms with E-state index in [-0.39, 0.29) is 17.7 Å². The van der Waals surface area contributed by atoms with E-state index in [9.17, 15) is 9.59 Å². The van der Waals surface area contributed by atoms with Crippen molar-refractivity contribution in [2.24, 2.45) is 5.92 Å². The summed E-state index contributed by atoms with van der Waals surface area (Å²) in [5.41, 5.74) is 0. The Morgan fingerprint density at radius 3 is 2.93 bits per heavy atom. The van der Waals surface area contributed by atoms with Crippen LogP contribution in [0.5, 0.6) is 0 Å². The number of carbonyl (C=O) groups is 2. The predicted octanol–water partition coefficient (Wildman–Crippen LogP) is 0.561. The third-order valence-electron chi connectivity index (χ3n) is 3.29. The molecule has 2 rings (SSSR count). The molecular formula is C10H15NO3. The minimum atomic E-state index is -0.828. The molecule has 2 N–H and O–H groups in total. The Labute approximate surface area is 82.7 Å². The van der Waals surface area contributed by atoms with Gasteiger partial charge in [-0.05, 0) is 19.3 Å². The maximum atomic E-state index is 11.6. The molecule has 1 saturated carbocycles. The lowest BCUT2D eigenvalue weighted by Gasteiger charge is -2.13. The topological polar surface area (TPSA) is 66.4 Å². The van der Waals surface area contributed by atoms with Crippen molar-refractivity contribution in [2.75, 3.05) is 0 Å². The number of aliphatic carboxylic acids is 1. The number of carboxylic acid groups (broad SMARTS) is 1. The van der Waals surface area contributed by atoms with Gasteiger partial charge in [0.05, 0.1) is 0 Å². The number of rotatable bonds is 1. The maximum absolute atomic E-state index is 11.6. The zero-order valence-corrected chi connectivity index (χ0v) is 8.03. The van der Waals surface area contributed by atoms with Crippen LogP contribution in [0, 0.1) is 5.92 Å². The van der Waals surface area contributed by atoms with E-state index in [1.807, 2.05) is 0 Å². The van der Waals surface area contributed by atoms with E-state index in [0.717, 1.165) is 19.3 Å². The van der Waals surface area contributed by atoms with Gasteiger partial charge in [0, 0.05) is 18.4 Å². The number of nitrogens with one attached hydrogen (secondary N) is 1. The van der Waals surface area contributed by atoms with E-state index >= 15 is 0 Å². The number of Topliss-reactive ketones (excluding diaryl/α,β-unsaturated/α-hetero) is 1. The quantitative estimate of drug-likeness (QED) is 0.644. The van der Waals surface area contributed by atoms with Crippen LogP contribution in [0.4, 0.5) is 0 Å². The van der Waals surface area contributed by atoms with Crippen LogP contribution in [-0.4, -0.2) is 28.9 Å². The fourth-order valence-corrected chi connectivity index (χ4v) is 2.52. The van der Waals surface area contributed by atoms with Crippen LogP contribution < -0.4 is 5.32 Å². The zero-order chi connectivity index (χ0) is 10.1. The molecule has 1 heterocycles. The molecule has 1 aliphatic carbocycles. The van der Waals surface area contributed by atoms with Crippen molar-refractivity contribution in [1.29, 1.82) is 0 Å². The van der Waals surface area contributed by atoms with Crippen molar-refractivity contribution >= 4 is 11.8 Å². The molecule has 3 atom stereocenters. The van der Waals surface area contributed by atoms with Crippen molar-refractivity contribution < 1.29 is 14.7 Å². The summed E-state index contributed by atoms with van der Waals surface area (Å²) in [6, 6.07) is -0.391. The molecular weight excluding hydrogens is 182 g/mol. The van der Waals surface area contributed by atoms with Gasteiger partial charge in [-0.3, -0.25) is 9.59 Å². The Balaban J connectivity index is 2.08. The molecule has 0 radical (unpaired) electrons. The summed E-state index contributed by atoms with van der Waals surface area (Å²) in [7, 11) is 0. The Bertz CT molecular complexity index is 264. The first-order valence-corrected chi connectivity index (χ1v) is 5.20. The van der Waals surface area contributed by atoms with Crippen LogP contribution in [0.3, 0.4) is 0 Å². The number of ketones is 1. The van der Waals surface area contributed by atoms with E-state index in [1.54, 1.807) is 0 Å². The van der Waals surface area contributed by atoms with Crippen molar-refractivity contribution in [3.05, 3.63) is 0 Å². The van der Waals surface area contributed by atoms with Crippen molar-refractivity contribution in [3.63, 3.8) is 0 Å². The smallest absolute Gasteiger partial charge is 0.320 e. The van der Waals surface area contributed by atoms with Gasteiger partial charge in [0.1, 0.15) is 11.8 Å². The van der Waals surface area contributed by atoms with Crippen LogP contribution in [0.2, 0.25) is 0 Å². The average molecular weight is 197 g/mol. The summed E-state index contributed by atoms with van der Waals surface area (Å²) in [5.74, 6) is -0.617. The van der Waals surface area contributed by atoms with Crippen LogP contribution in [0.1, 0.15) is 32.1 Å². The third-order valence-corrected chi connectivity index (χ3v) is 3.29. The molecule has 1 saturated heterocycles. The number of fused-ring (bicyclic) bond motifs is 1. The average Bonchev–Trinajstić information content (AvgIpc) is 2.49. The van der Waals surface area contributed by atoms with Crippen LogP contribution >= 0.6 is 0 Å². The first-order valence-electron chi connectivity index (χ1n) is 5.20. The van der Waals surface area contributed by atoms with Gasteiger partial charge in [-0.2, -0.15) is 0 Å². The minimum Gasteiger partial charge on any atom is -0.480 e. The first kappa shape index (κ1) is 9.65. The standard InChI is InChI=1S/C10H15NO3/c12-9-4-2-1-3-7-6(9)5-8(11-7)10(13)14/h6-8,11H,1-5H2,(H,13,14)/t6-,7+,8-/m0/s1. The van der Waals surface area contributed by atoms with Crippen molar-refractivity contribution in [3.8, 4) is 0 Å². The lowest BCUT2D eigenvalue weighted by Crippen LogP contribution is -2.36. The fourth-order valence-electron chi connectivity index (χ4n) is 2.52. The summed E-state index contributed by atoms with van der Waals surface area (Å²) in [6.07, 6.45) is 4.06. The van der Waals surface area contributed by atoms with Gasteiger partial charge in [0.15, 0.2) is 0 Å². The Morgan fingerprint density at radius 1 is 1.43 bits per heavy atom. The summed E-state index contributed by atoms with van der Waals surface area (Å²) in [4.78, 5) is 22.4. The molecule has 4 nitrogen and oxygen atoms in total. The molecule has 4 heteroatoms. The summed E-state index contributed by atoms with van der Waals surface area (Å²) >= 11 is 0. The summed E-state index contributed by atoms with van der Waals surface area (Å²) in [5, 5.41) is 11.9. The predicted molar refractivity (Wildman–Crippen MR) is 49.9 cm³/mol. The molecule has 0 unspecified atom stereocenters. The van der Waals surface area contributed by atoms with Gasteiger partial charge in [-0.15, -0.1) is 0 Å². The fraction of sp³-hybridized carbons (Fsp3) is 0.800. The molecule has 0 aromatic heterocycles. The summed E-state index contributed by atoms with van der Waals surface area (Å²) < 4.78 is 0. The number of carboxylic acids is 1. The van der Waals surface area contributed by atoms with Crippen LogP contribution in [0.15, 0.2) is 0 Å². The molecule has 1 aliphatic heterocycles. The molecule has 0 aromatic carbocycles. The molecule has 0 spiro atoms. The molecule has 2 aliphatic rings. The molecule has 14 heavy (non-hydrogen) atoms. The molecule has 0 aromatic rings. The number of hydrogen-bond donors (Lipinski definition) is 2. The lowest BCUT2D eigenvalue weighted by atomic mass is 9.93. The van der Waals surface area contributed by atoms with Crippen molar-refractivity contribution in [1.82, 2.24) is 5.32 Å². The second-order valence-electron chi connectivity index (χ2n) is 4.22. The minimum absolute atomic E-state index is 0.0430. The van der Waals surface area contributed by atoms with E-state index in [4.69, 9.17) is 5.11 Å². The van der Waals surface area contributed by atoms with Gasteiger partial charge in [0.2, 0.25) is 0 Å². The van der Waals surface area contributed by atoms with Gasteiger partial charge in [-0.1, -0.05) is 6.42 Å². The molecule has 78 valence electrons. The van der Waals surface area contributed by atoms with Gasteiger partial charge in [-0.25, -0.2) is 0 Å². The van der Waals surface area contributed by atoms with Crippen LogP contribution in [0.25, 0.3) is 0 Å². The normalized spacial score (nSPS) is 37.7. The number of carbonyl (C=O) groups excluding carboxylic acids is 1. The second kappa shape index (κ2) is 3.69. The Hall–Kier alpha value is -0.900. The van der Waals surface area contributed by atoms with Crippen molar-refractivity contribution in [2.45, 2.75) is 44.2 Å². The van der Waals surface area contributed by atoms with Gasteiger partial charge in [0.25, 0.3) is 0 Å². The highest BCUT2D eigenvalue weighted by atomic mass is 16.4. The highest BCUT2D eigenvalue weighted by Crippen LogP contribution is 2.29. The third kappa shape index (κ3) is 1.66. The SMILES string of the molecule is O=C(O)[C@@H]1C[C@@H]2C(=O)CCCC[C@H]2N1. The monoisotopic (exact) mass is 197 g/mol. The Kier molecular flexibility index (Phi) is 2.54. The first-order chi connectivity index (χ1) is 6.68. The maximum Gasteiger partial charge on any atom is 0.320 e. The van der Waals surface area contributed by atoms with Crippen LogP contribution in [-0.2, 0) is 9.59 Å². The van der Waals surface area contributed by atoms with Gasteiger partial charge >= 0.3 is 5.97 Å². The van der Waals surface area contributed by atoms with E-state index in [0.29, 0.717) is 12.8 Å². The Morgan fingerprint density at radius 2 is 2.21 bits per heavy atom. The molecule has 0 amide bonds. The van der Waals surface area contributed by atoms with E-state index in [1.165, 1.54) is 0 Å². The largest absolute Gasteiger partial charge is 0.480 e. The molecule has 0 bridgehead atoms.